The number of amides is 2. The first-order valence-corrected chi connectivity index (χ1v) is 10.4. The van der Waals surface area contributed by atoms with Gasteiger partial charge in [0.2, 0.25) is 5.91 Å². The molecule has 1 atom stereocenters. The summed E-state index contributed by atoms with van der Waals surface area (Å²) in [6.07, 6.45) is 2.53. The van der Waals surface area contributed by atoms with Crippen molar-refractivity contribution in [2.45, 2.75) is 37.9 Å². The first-order valence-electron chi connectivity index (χ1n) is 9.95. The maximum Gasteiger partial charge on any atom is 0.251 e. The number of aromatic nitrogens is 3. The molecule has 1 unspecified atom stereocenters. The summed E-state index contributed by atoms with van der Waals surface area (Å²) in [5, 5.41) is 12.8. The first-order chi connectivity index (χ1) is 14.6. The number of carbonyl (C=O) groups excluding carboxylic acids is 2. The quantitative estimate of drug-likeness (QED) is 0.488. The van der Waals surface area contributed by atoms with Gasteiger partial charge in [-0.05, 0) is 42.8 Å². The summed E-state index contributed by atoms with van der Waals surface area (Å²) in [6, 6.07) is 18.1. The number of carbonyl (C=O) groups is 2. The van der Waals surface area contributed by atoms with Crippen LogP contribution in [0.25, 0.3) is 0 Å². The molecule has 2 amide bonds. The van der Waals surface area contributed by atoms with E-state index in [2.05, 4.69) is 20.8 Å². The minimum absolute atomic E-state index is 0.245. The van der Waals surface area contributed by atoms with Gasteiger partial charge in [0.15, 0.2) is 10.6 Å². The molecule has 3 aromatic rings. The highest BCUT2D eigenvalue weighted by Gasteiger charge is 2.28. The molecule has 1 aliphatic rings. The van der Waals surface area contributed by atoms with Crippen molar-refractivity contribution < 1.29 is 9.59 Å². The maximum atomic E-state index is 13.0. The van der Waals surface area contributed by atoms with E-state index in [0.717, 1.165) is 18.4 Å². The molecular weight excluding hydrogens is 398 g/mol. The molecule has 0 saturated heterocycles. The lowest BCUT2D eigenvalue weighted by molar-refractivity contribution is -0.123. The molecule has 8 heteroatoms. The zero-order valence-corrected chi connectivity index (χ0v) is 17.2. The molecule has 1 aromatic heterocycles. The van der Waals surface area contributed by atoms with Crippen LogP contribution in [-0.4, -0.2) is 32.6 Å². The van der Waals surface area contributed by atoms with Crippen LogP contribution in [0.1, 0.15) is 40.6 Å². The molecule has 2 aromatic carbocycles. The molecule has 1 fully saturated rings. The zero-order valence-electron chi connectivity index (χ0n) is 16.4. The molecule has 3 N–H and O–H groups in total. The molecule has 0 radical (unpaired) electrons. The predicted molar refractivity (Wildman–Crippen MR) is 115 cm³/mol. The van der Waals surface area contributed by atoms with E-state index in [1.165, 1.54) is 0 Å². The van der Waals surface area contributed by atoms with Gasteiger partial charge in [-0.25, -0.2) is 0 Å². The van der Waals surface area contributed by atoms with Gasteiger partial charge < -0.3 is 10.6 Å². The highest BCUT2D eigenvalue weighted by Crippen LogP contribution is 2.35. The Balaban J connectivity index is 1.47. The monoisotopic (exact) mass is 421 g/mol. The number of hydrogen-bond acceptors (Lipinski definition) is 4. The predicted octanol–water partition coefficient (Wildman–Crippen LogP) is 2.93. The number of rotatable bonds is 8. The maximum absolute atomic E-state index is 13.0. The number of aromatic amines is 1. The summed E-state index contributed by atoms with van der Waals surface area (Å²) < 4.78 is 2.53. The van der Waals surface area contributed by atoms with E-state index in [4.69, 9.17) is 12.2 Å². The van der Waals surface area contributed by atoms with Crippen molar-refractivity contribution in [1.29, 1.82) is 0 Å². The summed E-state index contributed by atoms with van der Waals surface area (Å²) in [4.78, 5) is 25.6. The average molecular weight is 422 g/mol. The lowest BCUT2D eigenvalue weighted by Gasteiger charge is -2.19. The van der Waals surface area contributed by atoms with Crippen LogP contribution in [0.4, 0.5) is 0 Å². The van der Waals surface area contributed by atoms with Crippen LogP contribution in [-0.2, 0) is 17.8 Å². The highest BCUT2D eigenvalue weighted by molar-refractivity contribution is 7.71. The van der Waals surface area contributed by atoms with Gasteiger partial charge in [-0.15, -0.1) is 0 Å². The van der Waals surface area contributed by atoms with Gasteiger partial charge in [0, 0.05) is 18.0 Å². The first kappa shape index (κ1) is 20.0. The fourth-order valence-corrected chi connectivity index (χ4v) is 3.65. The molecular formula is C22H23N5O2S. The second kappa shape index (κ2) is 9.04. The Hall–Kier alpha value is -3.26. The average Bonchev–Trinajstić information content (AvgIpc) is 3.54. The Morgan fingerprint density at radius 1 is 1.10 bits per heavy atom. The molecule has 0 spiro atoms. The van der Waals surface area contributed by atoms with Crippen LogP contribution in [0.3, 0.4) is 0 Å². The van der Waals surface area contributed by atoms with Crippen LogP contribution in [0.15, 0.2) is 60.7 Å². The van der Waals surface area contributed by atoms with Crippen LogP contribution < -0.4 is 10.6 Å². The highest BCUT2D eigenvalue weighted by atomic mass is 32.1. The lowest BCUT2D eigenvalue weighted by atomic mass is 10.0. The summed E-state index contributed by atoms with van der Waals surface area (Å²) >= 11 is 5.29. The summed E-state index contributed by atoms with van der Waals surface area (Å²) in [7, 11) is 0. The second-order valence-electron chi connectivity index (χ2n) is 7.35. The molecule has 7 nitrogen and oxygen atoms in total. The van der Waals surface area contributed by atoms with E-state index in [1.54, 1.807) is 24.3 Å². The van der Waals surface area contributed by atoms with Crippen molar-refractivity contribution in [3.05, 3.63) is 82.4 Å². The van der Waals surface area contributed by atoms with Gasteiger partial charge in [-0.3, -0.25) is 19.3 Å². The van der Waals surface area contributed by atoms with Gasteiger partial charge in [0.05, 0.1) is 6.54 Å². The van der Waals surface area contributed by atoms with Gasteiger partial charge in [0.25, 0.3) is 5.91 Å². The Labute approximate surface area is 179 Å². The molecule has 30 heavy (non-hydrogen) atoms. The largest absolute Gasteiger partial charge is 0.347 e. The third-order valence-electron chi connectivity index (χ3n) is 5.05. The molecule has 1 aliphatic carbocycles. The van der Waals surface area contributed by atoms with E-state index in [-0.39, 0.29) is 18.4 Å². The van der Waals surface area contributed by atoms with E-state index >= 15 is 0 Å². The number of H-pyrrole nitrogens is 1. The van der Waals surface area contributed by atoms with Crippen LogP contribution >= 0.6 is 12.2 Å². The second-order valence-corrected chi connectivity index (χ2v) is 7.73. The normalized spacial score (nSPS) is 14.1. The number of hydrogen-bond donors (Lipinski definition) is 3. The molecule has 1 heterocycles. The van der Waals surface area contributed by atoms with Crippen molar-refractivity contribution in [1.82, 2.24) is 25.4 Å². The Morgan fingerprint density at radius 3 is 2.43 bits per heavy atom. The van der Waals surface area contributed by atoms with Gasteiger partial charge in [0.1, 0.15) is 6.04 Å². The topological polar surface area (TPSA) is 91.8 Å². The Morgan fingerprint density at radius 2 is 1.77 bits per heavy atom. The summed E-state index contributed by atoms with van der Waals surface area (Å²) in [5.74, 6) is 0.149. The van der Waals surface area contributed by atoms with Crippen molar-refractivity contribution >= 4 is 24.0 Å². The van der Waals surface area contributed by atoms with Crippen LogP contribution in [0.5, 0.6) is 0 Å². The molecule has 1 saturated carbocycles. The van der Waals surface area contributed by atoms with Crippen molar-refractivity contribution in [3.8, 4) is 0 Å². The van der Waals surface area contributed by atoms with Crippen LogP contribution in [0.2, 0.25) is 0 Å². The SMILES string of the molecule is O=C(NC(Cc1ccccc1)C(=O)NCc1n[nH]c(=S)n1C1CC1)c1ccccc1. The van der Waals surface area contributed by atoms with Gasteiger partial charge in [-0.1, -0.05) is 48.5 Å². The number of benzene rings is 2. The molecule has 4 rings (SSSR count). The minimum Gasteiger partial charge on any atom is -0.347 e. The zero-order chi connectivity index (χ0) is 20.9. The summed E-state index contributed by atoms with van der Waals surface area (Å²) in [5.41, 5.74) is 1.48. The van der Waals surface area contributed by atoms with Crippen molar-refractivity contribution in [3.63, 3.8) is 0 Å². The summed E-state index contributed by atoms with van der Waals surface area (Å²) in [6.45, 7) is 0.245. The van der Waals surface area contributed by atoms with E-state index in [0.29, 0.717) is 28.6 Å². The molecule has 0 aliphatic heterocycles. The fraction of sp³-hybridized carbons (Fsp3) is 0.273. The van der Waals surface area contributed by atoms with E-state index in [9.17, 15) is 9.59 Å². The Kier molecular flexibility index (Phi) is 6.04. The number of nitrogens with zero attached hydrogens (tertiary/aromatic N) is 2. The van der Waals surface area contributed by atoms with Gasteiger partial charge >= 0.3 is 0 Å². The lowest BCUT2D eigenvalue weighted by Crippen LogP contribution is -2.48. The Bertz CT molecular complexity index is 1070. The molecule has 0 bridgehead atoms. The third kappa shape index (κ3) is 4.83. The molecule has 154 valence electrons. The van der Waals surface area contributed by atoms with Crippen LogP contribution in [0, 0.1) is 4.77 Å². The third-order valence-corrected chi connectivity index (χ3v) is 5.34. The smallest absolute Gasteiger partial charge is 0.251 e. The number of nitrogens with one attached hydrogen (secondary N) is 3. The van der Waals surface area contributed by atoms with E-state index in [1.807, 2.05) is 41.0 Å². The standard InChI is InChI=1S/C22H23N5O2S/c28-20(16-9-5-2-6-10-16)24-18(13-15-7-3-1-4-8-15)21(29)23-14-19-25-26-22(30)27(19)17-11-12-17/h1-10,17-18H,11-14H2,(H,23,29)(H,24,28)(H,26,30). The van der Waals surface area contributed by atoms with Crippen molar-refractivity contribution in [2.75, 3.05) is 0 Å². The minimum atomic E-state index is -0.712. The van der Waals surface area contributed by atoms with E-state index < -0.39 is 6.04 Å². The fourth-order valence-electron chi connectivity index (χ4n) is 3.35. The van der Waals surface area contributed by atoms with Crippen molar-refractivity contribution in [2.24, 2.45) is 0 Å². The van der Waals surface area contributed by atoms with Gasteiger partial charge in [-0.2, -0.15) is 5.10 Å².